The van der Waals surface area contributed by atoms with Crippen LogP contribution in [-0.2, 0) is 7.05 Å². The zero-order valence-electron chi connectivity index (χ0n) is 18.3. The molecule has 0 spiro atoms. The fourth-order valence-corrected chi connectivity index (χ4v) is 3.77. The lowest BCUT2D eigenvalue weighted by molar-refractivity contribution is -0.0498. The highest BCUT2D eigenvalue weighted by Crippen LogP contribution is 2.25. The van der Waals surface area contributed by atoms with E-state index in [0.717, 1.165) is 10.9 Å². The van der Waals surface area contributed by atoms with E-state index in [1.807, 2.05) is 32.3 Å². The largest absolute Gasteiger partial charge is 0.478 e. The molecule has 0 aliphatic carbocycles. The molecule has 34 heavy (non-hydrogen) atoms. The average Bonchev–Trinajstić information content (AvgIpc) is 3.18. The maximum Gasteiger partial charge on any atom is 0.387 e. The van der Waals surface area contributed by atoms with Crippen LogP contribution >= 0.6 is 0 Å². The Morgan fingerprint density at radius 3 is 2.50 bits per heavy atom. The number of aryl methyl sites for hydroxylation is 1. The molecule has 0 amide bonds. The quantitative estimate of drug-likeness (QED) is 0.373. The number of hydrogen-bond donors (Lipinski definition) is 0. The summed E-state index contributed by atoms with van der Waals surface area (Å²) < 4.78 is 38.2. The lowest BCUT2D eigenvalue weighted by atomic mass is 10.1. The fraction of sp³-hybridized carbons (Fsp3) is 0.167. The highest BCUT2D eigenvalue weighted by atomic mass is 19.3. The molecule has 8 nitrogen and oxygen atoms in total. The van der Waals surface area contributed by atoms with Gasteiger partial charge in [0.2, 0.25) is 5.88 Å². The summed E-state index contributed by atoms with van der Waals surface area (Å²) in [4.78, 5) is 22.8. The first-order valence-corrected chi connectivity index (χ1v) is 10.5. The lowest BCUT2D eigenvalue weighted by Crippen LogP contribution is -2.23. The minimum atomic E-state index is -2.94. The Kier molecular flexibility index (Phi) is 5.40. The molecular weight excluding hydrogens is 444 g/mol. The third kappa shape index (κ3) is 3.94. The van der Waals surface area contributed by atoms with Crippen molar-refractivity contribution in [2.75, 3.05) is 6.61 Å². The third-order valence-electron chi connectivity index (χ3n) is 5.18. The van der Waals surface area contributed by atoms with Crippen molar-refractivity contribution in [1.82, 2.24) is 24.3 Å². The molecule has 0 radical (unpaired) electrons. The minimum absolute atomic E-state index is 0.0182. The molecule has 0 saturated carbocycles. The summed E-state index contributed by atoms with van der Waals surface area (Å²) in [7, 11) is 1.82. The van der Waals surface area contributed by atoms with Gasteiger partial charge in [-0.3, -0.25) is 14.0 Å². The molecule has 2 aromatic carbocycles. The van der Waals surface area contributed by atoms with Crippen molar-refractivity contribution in [3.8, 4) is 28.6 Å². The molecule has 0 fully saturated rings. The first-order valence-electron chi connectivity index (χ1n) is 10.5. The van der Waals surface area contributed by atoms with Crippen LogP contribution in [0.1, 0.15) is 6.92 Å². The second kappa shape index (κ2) is 8.54. The van der Waals surface area contributed by atoms with E-state index < -0.39 is 12.2 Å². The highest BCUT2D eigenvalue weighted by molar-refractivity contribution is 5.85. The van der Waals surface area contributed by atoms with Crippen molar-refractivity contribution in [2.24, 2.45) is 7.05 Å². The maximum absolute atomic E-state index is 13.7. The first-order chi connectivity index (χ1) is 16.4. The van der Waals surface area contributed by atoms with E-state index >= 15 is 0 Å². The maximum atomic E-state index is 13.7. The Hall–Kier alpha value is -4.34. The number of hydrogen-bond acceptors (Lipinski definition) is 6. The molecule has 10 heteroatoms. The summed E-state index contributed by atoms with van der Waals surface area (Å²) in [5.74, 6) is 0.322. The summed E-state index contributed by atoms with van der Waals surface area (Å²) in [6.45, 7) is -0.713. The predicted octanol–water partition coefficient (Wildman–Crippen LogP) is 4.33. The van der Waals surface area contributed by atoms with Gasteiger partial charge in [-0.05, 0) is 49.4 Å². The van der Waals surface area contributed by atoms with Gasteiger partial charge in [0.15, 0.2) is 5.65 Å². The van der Waals surface area contributed by atoms with Gasteiger partial charge < -0.3 is 9.47 Å². The van der Waals surface area contributed by atoms with Crippen molar-refractivity contribution < 1.29 is 18.3 Å². The minimum Gasteiger partial charge on any atom is -0.478 e. The van der Waals surface area contributed by atoms with Crippen LogP contribution in [0.5, 0.6) is 11.6 Å². The van der Waals surface area contributed by atoms with Crippen molar-refractivity contribution in [3.63, 3.8) is 0 Å². The molecule has 0 N–H and O–H groups in total. The monoisotopic (exact) mass is 463 g/mol. The zero-order valence-corrected chi connectivity index (χ0v) is 18.3. The molecular formula is C24H19F2N5O3. The van der Waals surface area contributed by atoms with E-state index in [2.05, 4.69) is 19.8 Å². The van der Waals surface area contributed by atoms with Crippen molar-refractivity contribution >= 4 is 22.1 Å². The number of benzene rings is 2. The predicted molar refractivity (Wildman–Crippen MR) is 123 cm³/mol. The fourth-order valence-electron chi connectivity index (χ4n) is 3.77. The van der Waals surface area contributed by atoms with Gasteiger partial charge in [-0.15, -0.1) is 0 Å². The Bertz CT molecular complexity index is 1560. The van der Waals surface area contributed by atoms with Gasteiger partial charge in [0.25, 0.3) is 5.56 Å². The van der Waals surface area contributed by atoms with E-state index in [-0.39, 0.29) is 17.1 Å². The van der Waals surface area contributed by atoms with Crippen LogP contribution in [0.4, 0.5) is 8.78 Å². The molecule has 0 aliphatic heterocycles. The van der Waals surface area contributed by atoms with Gasteiger partial charge in [0.05, 0.1) is 17.8 Å². The van der Waals surface area contributed by atoms with E-state index in [9.17, 15) is 13.6 Å². The number of halogens is 2. The van der Waals surface area contributed by atoms with Crippen LogP contribution in [-0.4, -0.2) is 37.5 Å². The normalized spacial score (nSPS) is 11.4. The summed E-state index contributed by atoms with van der Waals surface area (Å²) in [5, 5.41) is 5.23. The van der Waals surface area contributed by atoms with Crippen LogP contribution in [0, 0.1) is 0 Å². The summed E-state index contributed by atoms with van der Waals surface area (Å²) in [5.41, 5.74) is 2.39. The van der Waals surface area contributed by atoms with Crippen molar-refractivity contribution in [2.45, 2.75) is 13.5 Å². The van der Waals surface area contributed by atoms with Crippen LogP contribution in [0.25, 0.3) is 39.0 Å². The highest BCUT2D eigenvalue weighted by Gasteiger charge is 2.17. The van der Waals surface area contributed by atoms with E-state index in [1.165, 1.54) is 28.8 Å². The summed E-state index contributed by atoms with van der Waals surface area (Å²) >= 11 is 0. The Morgan fingerprint density at radius 1 is 1.00 bits per heavy atom. The van der Waals surface area contributed by atoms with Gasteiger partial charge in [0, 0.05) is 30.3 Å². The number of nitrogens with zero attached hydrogens (tertiary/aromatic N) is 5. The topological polar surface area (TPSA) is 84.1 Å². The molecule has 0 bridgehead atoms. The molecule has 3 heterocycles. The Labute approximate surface area is 192 Å². The second-order valence-corrected chi connectivity index (χ2v) is 7.47. The molecule has 172 valence electrons. The number of ether oxygens (including phenoxy) is 2. The van der Waals surface area contributed by atoms with Crippen LogP contribution < -0.4 is 15.0 Å². The van der Waals surface area contributed by atoms with Gasteiger partial charge in [-0.1, -0.05) is 6.07 Å². The molecule has 0 saturated heterocycles. The Morgan fingerprint density at radius 2 is 1.76 bits per heavy atom. The van der Waals surface area contributed by atoms with Gasteiger partial charge in [-0.2, -0.15) is 18.9 Å². The van der Waals surface area contributed by atoms with Gasteiger partial charge >= 0.3 is 6.61 Å². The van der Waals surface area contributed by atoms with Gasteiger partial charge in [-0.25, -0.2) is 4.98 Å². The van der Waals surface area contributed by atoms with Crippen molar-refractivity contribution in [3.05, 3.63) is 71.1 Å². The molecule has 5 aromatic rings. The standard InChI is InChI=1S/C24H19F2N5O3/c1-3-33-20-11-10-19-22(28-20)31(16-5-7-17(8-6-16)34-24(25)26)23(32)21(27-19)14-4-9-18-15(12-14)13-30(2)29-18/h4-13,24H,3H2,1-2H3. The number of alkyl halides is 2. The molecule has 3 aromatic heterocycles. The number of pyridine rings is 1. The van der Waals surface area contributed by atoms with Crippen LogP contribution in [0.2, 0.25) is 0 Å². The smallest absolute Gasteiger partial charge is 0.387 e. The van der Waals surface area contributed by atoms with E-state index in [0.29, 0.717) is 29.3 Å². The summed E-state index contributed by atoms with van der Waals surface area (Å²) in [6, 6.07) is 14.6. The zero-order chi connectivity index (χ0) is 23.8. The Balaban J connectivity index is 1.74. The lowest BCUT2D eigenvalue weighted by Gasteiger charge is -2.13. The third-order valence-corrected chi connectivity index (χ3v) is 5.18. The van der Waals surface area contributed by atoms with Crippen LogP contribution in [0.3, 0.4) is 0 Å². The van der Waals surface area contributed by atoms with Gasteiger partial charge in [0.1, 0.15) is 17.0 Å². The molecule has 0 unspecified atom stereocenters. The van der Waals surface area contributed by atoms with Crippen molar-refractivity contribution in [1.29, 1.82) is 0 Å². The van der Waals surface area contributed by atoms with E-state index in [1.54, 1.807) is 22.9 Å². The first kappa shape index (κ1) is 21.5. The van der Waals surface area contributed by atoms with Crippen LogP contribution in [0.15, 0.2) is 65.6 Å². The second-order valence-electron chi connectivity index (χ2n) is 7.47. The molecule has 0 aliphatic rings. The SMILES string of the molecule is CCOc1ccc2nc(-c3ccc4nn(C)cc4c3)c(=O)n(-c3ccc(OC(F)F)cc3)c2n1. The molecule has 0 atom stereocenters. The average molecular weight is 463 g/mol. The number of aromatic nitrogens is 5. The number of rotatable bonds is 6. The summed E-state index contributed by atoms with van der Waals surface area (Å²) in [6.07, 6.45) is 1.86. The van der Waals surface area contributed by atoms with E-state index in [4.69, 9.17) is 4.74 Å². The molecule has 5 rings (SSSR count). The number of fused-ring (bicyclic) bond motifs is 2.